The average molecular weight is 240 g/mol. The number of nitrogens with zero attached hydrogens (tertiary/aromatic N) is 1. The van der Waals surface area contributed by atoms with E-state index in [1.54, 1.807) is 0 Å². The minimum atomic E-state index is -0.398. The summed E-state index contributed by atoms with van der Waals surface area (Å²) in [6.07, 6.45) is 2.14. The van der Waals surface area contributed by atoms with Gasteiger partial charge in [-0.3, -0.25) is 0 Å². The van der Waals surface area contributed by atoms with Gasteiger partial charge in [0.05, 0.1) is 6.04 Å². The third kappa shape index (κ3) is 2.92. The van der Waals surface area contributed by atoms with Crippen LogP contribution in [0.2, 0.25) is 0 Å². The first-order valence-corrected chi connectivity index (χ1v) is 6.60. The third-order valence-electron chi connectivity index (χ3n) is 3.65. The molecule has 0 saturated carbocycles. The molecule has 0 unspecified atom stereocenters. The fraction of sp³-hybridized carbons (Fsp3) is 0.923. The van der Waals surface area contributed by atoms with Crippen LogP contribution in [-0.2, 0) is 4.74 Å². The van der Waals surface area contributed by atoms with Gasteiger partial charge in [-0.25, -0.2) is 4.79 Å². The van der Waals surface area contributed by atoms with Gasteiger partial charge in [-0.2, -0.15) is 0 Å². The van der Waals surface area contributed by atoms with Crippen molar-refractivity contribution in [2.24, 2.45) is 5.92 Å². The summed E-state index contributed by atoms with van der Waals surface area (Å²) in [6, 6.07) is 0.913. The van der Waals surface area contributed by atoms with E-state index in [1.165, 1.54) is 6.42 Å². The molecule has 3 atom stereocenters. The van der Waals surface area contributed by atoms with Crippen LogP contribution in [0.4, 0.5) is 4.79 Å². The second-order valence-corrected chi connectivity index (χ2v) is 6.33. The molecule has 1 amide bonds. The first kappa shape index (κ1) is 12.7. The molecule has 2 heterocycles. The summed E-state index contributed by atoms with van der Waals surface area (Å²) < 4.78 is 5.46. The Morgan fingerprint density at radius 2 is 2.12 bits per heavy atom. The zero-order chi connectivity index (χ0) is 12.6. The first-order chi connectivity index (χ1) is 7.87. The zero-order valence-corrected chi connectivity index (χ0v) is 11.3. The molecule has 17 heavy (non-hydrogen) atoms. The summed E-state index contributed by atoms with van der Waals surface area (Å²) in [4.78, 5) is 14.0. The quantitative estimate of drug-likeness (QED) is 0.704. The second kappa shape index (κ2) is 4.48. The van der Waals surface area contributed by atoms with Crippen LogP contribution in [-0.4, -0.2) is 41.8 Å². The van der Waals surface area contributed by atoms with Crippen molar-refractivity contribution in [3.63, 3.8) is 0 Å². The van der Waals surface area contributed by atoms with Gasteiger partial charge in [0.1, 0.15) is 5.60 Å². The summed E-state index contributed by atoms with van der Waals surface area (Å²) in [7, 11) is 0. The highest BCUT2D eigenvalue weighted by molar-refractivity contribution is 5.69. The molecule has 0 spiro atoms. The monoisotopic (exact) mass is 240 g/mol. The van der Waals surface area contributed by atoms with Crippen LogP contribution >= 0.6 is 0 Å². The Bertz CT molecular complexity index is 298. The molecule has 0 aromatic rings. The van der Waals surface area contributed by atoms with E-state index in [9.17, 15) is 4.79 Å². The molecule has 2 fully saturated rings. The van der Waals surface area contributed by atoms with Crippen LogP contribution in [0.25, 0.3) is 0 Å². The van der Waals surface area contributed by atoms with Crippen molar-refractivity contribution in [2.45, 2.75) is 58.2 Å². The minimum absolute atomic E-state index is 0.152. The largest absolute Gasteiger partial charge is 0.444 e. The third-order valence-corrected chi connectivity index (χ3v) is 3.65. The molecule has 98 valence electrons. The predicted molar refractivity (Wildman–Crippen MR) is 66.9 cm³/mol. The van der Waals surface area contributed by atoms with Crippen molar-refractivity contribution < 1.29 is 9.53 Å². The van der Waals surface area contributed by atoms with Gasteiger partial charge in [-0.1, -0.05) is 0 Å². The lowest BCUT2D eigenvalue weighted by Crippen LogP contribution is -2.51. The number of likely N-dealkylation sites (tertiary alicyclic amines) is 1. The Hall–Kier alpha value is -0.770. The summed E-state index contributed by atoms with van der Waals surface area (Å²) in [5.74, 6) is 0.652. The number of hydrogen-bond donors (Lipinski definition) is 1. The van der Waals surface area contributed by atoms with Gasteiger partial charge in [0.15, 0.2) is 0 Å². The molecule has 2 aliphatic rings. The van der Waals surface area contributed by atoms with E-state index in [0.717, 1.165) is 19.5 Å². The molecule has 1 N–H and O–H groups in total. The molecule has 2 aliphatic heterocycles. The molecule has 0 aromatic carbocycles. The molecule has 2 saturated heterocycles. The first-order valence-electron chi connectivity index (χ1n) is 6.60. The van der Waals surface area contributed by atoms with E-state index in [0.29, 0.717) is 18.0 Å². The molecule has 0 aromatic heterocycles. The Morgan fingerprint density at radius 1 is 1.41 bits per heavy atom. The van der Waals surface area contributed by atoms with Gasteiger partial charge in [0.25, 0.3) is 0 Å². The van der Waals surface area contributed by atoms with Crippen LogP contribution in [0.1, 0.15) is 40.5 Å². The van der Waals surface area contributed by atoms with E-state index in [1.807, 2.05) is 25.7 Å². The summed E-state index contributed by atoms with van der Waals surface area (Å²) in [6.45, 7) is 9.72. The molecular weight excluding hydrogens is 216 g/mol. The maximum absolute atomic E-state index is 12.1. The number of nitrogens with one attached hydrogen (secondary N) is 1. The van der Waals surface area contributed by atoms with Crippen molar-refractivity contribution >= 4 is 6.09 Å². The highest BCUT2D eigenvalue weighted by Crippen LogP contribution is 2.31. The SMILES string of the molecule is C[C@@H]1C[C@H]2CCN(C(=O)OC(C)(C)C)[C@H]2CN1. The van der Waals surface area contributed by atoms with E-state index >= 15 is 0 Å². The van der Waals surface area contributed by atoms with E-state index in [4.69, 9.17) is 4.74 Å². The van der Waals surface area contributed by atoms with E-state index in [2.05, 4.69) is 12.2 Å². The van der Waals surface area contributed by atoms with Gasteiger partial charge >= 0.3 is 6.09 Å². The highest BCUT2D eigenvalue weighted by atomic mass is 16.6. The van der Waals surface area contributed by atoms with Gasteiger partial charge in [-0.05, 0) is 46.5 Å². The lowest BCUT2D eigenvalue weighted by Gasteiger charge is -2.35. The molecule has 0 radical (unpaired) electrons. The molecule has 0 bridgehead atoms. The average Bonchev–Trinajstić information content (AvgIpc) is 2.57. The maximum atomic E-state index is 12.1. The second-order valence-electron chi connectivity index (χ2n) is 6.33. The predicted octanol–water partition coefficient (Wildman–Crippen LogP) is 1.99. The Morgan fingerprint density at radius 3 is 2.76 bits per heavy atom. The van der Waals surface area contributed by atoms with Crippen molar-refractivity contribution in [3.05, 3.63) is 0 Å². The van der Waals surface area contributed by atoms with Gasteiger partial charge in [0, 0.05) is 19.1 Å². The van der Waals surface area contributed by atoms with Crippen LogP contribution in [0.3, 0.4) is 0 Å². The molecule has 2 rings (SSSR count). The fourth-order valence-corrected chi connectivity index (χ4v) is 2.88. The number of piperidine rings is 1. The molecule has 0 aliphatic carbocycles. The molecule has 4 nitrogen and oxygen atoms in total. The Kier molecular flexibility index (Phi) is 3.34. The van der Waals surface area contributed by atoms with Gasteiger partial charge < -0.3 is 15.0 Å². The topological polar surface area (TPSA) is 41.6 Å². The normalized spacial score (nSPS) is 33.4. The number of fused-ring (bicyclic) bond motifs is 1. The molecule has 4 heteroatoms. The van der Waals surface area contributed by atoms with Crippen molar-refractivity contribution in [1.29, 1.82) is 0 Å². The Labute approximate surface area is 104 Å². The standard InChI is InChI=1S/C13H24N2O2/c1-9-7-10-5-6-15(11(10)8-14-9)12(16)17-13(2,3)4/h9-11,14H,5-8H2,1-4H3/t9-,10-,11+/m1/s1. The fourth-order valence-electron chi connectivity index (χ4n) is 2.88. The number of ether oxygens (including phenoxy) is 1. The van der Waals surface area contributed by atoms with Crippen molar-refractivity contribution in [3.8, 4) is 0 Å². The number of hydrogen-bond acceptors (Lipinski definition) is 3. The van der Waals surface area contributed by atoms with Gasteiger partial charge in [-0.15, -0.1) is 0 Å². The number of carbonyl (C=O) groups excluding carboxylic acids is 1. The van der Waals surface area contributed by atoms with Crippen molar-refractivity contribution in [2.75, 3.05) is 13.1 Å². The van der Waals surface area contributed by atoms with Crippen LogP contribution in [0, 0.1) is 5.92 Å². The maximum Gasteiger partial charge on any atom is 0.410 e. The summed E-state index contributed by atoms with van der Waals surface area (Å²) in [5.41, 5.74) is -0.398. The van der Waals surface area contributed by atoms with Gasteiger partial charge in [0.2, 0.25) is 0 Å². The number of rotatable bonds is 0. The van der Waals surface area contributed by atoms with E-state index in [-0.39, 0.29) is 6.09 Å². The van der Waals surface area contributed by atoms with Crippen molar-refractivity contribution in [1.82, 2.24) is 10.2 Å². The van der Waals surface area contributed by atoms with Crippen LogP contribution in [0.15, 0.2) is 0 Å². The summed E-state index contributed by atoms with van der Waals surface area (Å²) in [5, 5.41) is 3.45. The van der Waals surface area contributed by atoms with Crippen LogP contribution < -0.4 is 5.32 Å². The number of amides is 1. The zero-order valence-electron chi connectivity index (χ0n) is 11.3. The van der Waals surface area contributed by atoms with Crippen LogP contribution in [0.5, 0.6) is 0 Å². The number of carbonyl (C=O) groups is 1. The van der Waals surface area contributed by atoms with E-state index < -0.39 is 5.60 Å². The highest BCUT2D eigenvalue weighted by Gasteiger charge is 2.41. The smallest absolute Gasteiger partial charge is 0.410 e. The lowest BCUT2D eigenvalue weighted by molar-refractivity contribution is 0.0185. The lowest BCUT2D eigenvalue weighted by atomic mass is 9.89. The molecular formula is C13H24N2O2. The minimum Gasteiger partial charge on any atom is -0.444 e. The summed E-state index contributed by atoms with van der Waals surface area (Å²) >= 11 is 0. The Balaban J connectivity index is 1.97.